The molecule has 2 amide bonds. The first-order valence-electron chi connectivity index (χ1n) is 9.78. The number of carbonyl (C=O) groups excluding carboxylic acids is 2. The van der Waals surface area contributed by atoms with E-state index in [1.165, 1.54) is 6.21 Å². The minimum atomic E-state index is -0.884. The molecule has 0 unspecified atom stereocenters. The molecule has 0 heterocycles. The van der Waals surface area contributed by atoms with E-state index in [1.54, 1.807) is 36.4 Å². The summed E-state index contributed by atoms with van der Waals surface area (Å²) in [4.78, 5) is 24.1. The molecule has 3 aromatic rings. The first-order chi connectivity index (χ1) is 15.2. The lowest BCUT2D eigenvalue weighted by atomic mass is 10.2. The van der Waals surface area contributed by atoms with Gasteiger partial charge in [-0.3, -0.25) is 9.59 Å². The quantitative estimate of drug-likeness (QED) is 0.332. The molecule has 0 aliphatic rings. The van der Waals surface area contributed by atoms with Gasteiger partial charge in [0.2, 0.25) is 0 Å². The van der Waals surface area contributed by atoms with E-state index in [2.05, 4.69) is 15.8 Å². The van der Waals surface area contributed by atoms with E-state index < -0.39 is 11.8 Å². The summed E-state index contributed by atoms with van der Waals surface area (Å²) >= 11 is 0. The van der Waals surface area contributed by atoms with Crippen LogP contribution < -0.4 is 20.2 Å². The van der Waals surface area contributed by atoms with Crippen LogP contribution in [0.4, 0.5) is 5.69 Å². The summed E-state index contributed by atoms with van der Waals surface area (Å²) in [7, 11) is 0. The van der Waals surface area contributed by atoms with Crippen molar-refractivity contribution >= 4 is 23.7 Å². The van der Waals surface area contributed by atoms with Gasteiger partial charge < -0.3 is 14.8 Å². The van der Waals surface area contributed by atoms with Gasteiger partial charge in [-0.15, -0.1) is 0 Å². The Bertz CT molecular complexity index is 1030. The normalized spacial score (nSPS) is 10.5. The number of nitrogens with one attached hydrogen (secondary N) is 2. The number of nitrogens with zero attached hydrogens (tertiary/aromatic N) is 1. The minimum absolute atomic E-state index is 0.416. The Morgan fingerprint density at radius 2 is 1.58 bits per heavy atom. The predicted octanol–water partition coefficient (Wildman–Crippen LogP) is 3.75. The smallest absolute Gasteiger partial charge is 0.329 e. The second-order valence-corrected chi connectivity index (χ2v) is 6.43. The van der Waals surface area contributed by atoms with Crippen molar-refractivity contribution in [3.63, 3.8) is 0 Å². The zero-order valence-electron chi connectivity index (χ0n) is 17.1. The fourth-order valence-electron chi connectivity index (χ4n) is 2.64. The summed E-state index contributed by atoms with van der Waals surface area (Å²) < 4.78 is 11.1. The van der Waals surface area contributed by atoms with Gasteiger partial charge in [-0.2, -0.15) is 5.10 Å². The third-order valence-corrected chi connectivity index (χ3v) is 4.15. The molecule has 0 saturated carbocycles. The highest BCUT2D eigenvalue weighted by molar-refractivity contribution is 6.39. The standard InChI is InChI=1S/C24H23N3O4/c1-2-30-22-11-7-6-10-21(22)26-23(28)24(29)27-25-16-18-12-14-20(15-13-18)31-17-19-8-4-3-5-9-19/h3-16H,2,17H2,1H3,(H,26,28)(H,27,29)/b25-16+. The van der Waals surface area contributed by atoms with Gasteiger partial charge in [0, 0.05) is 0 Å². The first-order valence-corrected chi connectivity index (χ1v) is 9.78. The van der Waals surface area contributed by atoms with Crippen molar-refractivity contribution in [2.24, 2.45) is 5.10 Å². The molecular formula is C24H23N3O4. The summed E-state index contributed by atoms with van der Waals surface area (Å²) in [5.74, 6) is -0.513. The fraction of sp³-hybridized carbons (Fsp3) is 0.125. The number of benzene rings is 3. The monoisotopic (exact) mass is 417 g/mol. The van der Waals surface area contributed by atoms with Crippen molar-refractivity contribution < 1.29 is 19.1 Å². The molecule has 158 valence electrons. The Morgan fingerprint density at radius 1 is 0.871 bits per heavy atom. The molecule has 2 N–H and O–H groups in total. The van der Waals surface area contributed by atoms with Crippen LogP contribution in [-0.4, -0.2) is 24.6 Å². The Hall–Kier alpha value is -4.13. The van der Waals surface area contributed by atoms with Crippen molar-refractivity contribution in [2.45, 2.75) is 13.5 Å². The van der Waals surface area contributed by atoms with Crippen LogP contribution >= 0.6 is 0 Å². The summed E-state index contributed by atoms with van der Waals surface area (Å²) in [6.45, 7) is 2.76. The fourth-order valence-corrected chi connectivity index (χ4v) is 2.64. The van der Waals surface area contributed by atoms with Gasteiger partial charge in [0.1, 0.15) is 18.1 Å². The molecule has 0 spiro atoms. The van der Waals surface area contributed by atoms with E-state index in [-0.39, 0.29) is 0 Å². The average Bonchev–Trinajstić information content (AvgIpc) is 2.80. The van der Waals surface area contributed by atoms with Gasteiger partial charge in [-0.1, -0.05) is 42.5 Å². The van der Waals surface area contributed by atoms with Crippen LogP contribution in [0.3, 0.4) is 0 Å². The molecule has 3 rings (SSSR count). The lowest BCUT2D eigenvalue weighted by molar-refractivity contribution is -0.136. The van der Waals surface area contributed by atoms with Gasteiger partial charge in [0.15, 0.2) is 0 Å². The molecule has 0 saturated heterocycles. The van der Waals surface area contributed by atoms with Gasteiger partial charge >= 0.3 is 11.8 Å². The highest BCUT2D eigenvalue weighted by Gasteiger charge is 2.15. The van der Waals surface area contributed by atoms with Gasteiger partial charge in [0.05, 0.1) is 18.5 Å². The van der Waals surface area contributed by atoms with E-state index in [0.717, 1.165) is 16.9 Å². The van der Waals surface area contributed by atoms with Crippen LogP contribution in [0, 0.1) is 0 Å². The molecular weight excluding hydrogens is 394 g/mol. The summed E-state index contributed by atoms with van der Waals surface area (Å²) in [5, 5.41) is 6.34. The number of ether oxygens (including phenoxy) is 2. The second-order valence-electron chi connectivity index (χ2n) is 6.43. The summed E-state index contributed by atoms with van der Waals surface area (Å²) in [6.07, 6.45) is 1.44. The van der Waals surface area contributed by atoms with Crippen LogP contribution in [0.1, 0.15) is 18.1 Å². The van der Waals surface area contributed by atoms with Crippen molar-refractivity contribution in [2.75, 3.05) is 11.9 Å². The maximum atomic E-state index is 12.1. The molecule has 0 bridgehead atoms. The third-order valence-electron chi connectivity index (χ3n) is 4.15. The topological polar surface area (TPSA) is 89.0 Å². The Balaban J connectivity index is 1.48. The Morgan fingerprint density at radius 3 is 2.32 bits per heavy atom. The van der Waals surface area contributed by atoms with E-state index in [0.29, 0.717) is 24.7 Å². The number of hydrazone groups is 1. The molecule has 31 heavy (non-hydrogen) atoms. The summed E-state index contributed by atoms with van der Waals surface area (Å²) in [6, 6.07) is 24.0. The second kappa shape index (κ2) is 11.2. The third kappa shape index (κ3) is 6.71. The molecule has 0 radical (unpaired) electrons. The SMILES string of the molecule is CCOc1ccccc1NC(=O)C(=O)N/N=C/c1ccc(OCc2ccccc2)cc1. The zero-order chi connectivity index (χ0) is 21.9. The van der Waals surface area contributed by atoms with Crippen LogP contribution in [-0.2, 0) is 16.2 Å². The predicted molar refractivity (Wildman–Crippen MR) is 119 cm³/mol. The maximum Gasteiger partial charge on any atom is 0.329 e. The van der Waals surface area contributed by atoms with E-state index >= 15 is 0 Å². The Labute approximate surface area is 180 Å². The molecule has 7 nitrogen and oxygen atoms in total. The molecule has 0 aliphatic carbocycles. The number of amides is 2. The van der Waals surface area contributed by atoms with Gasteiger partial charge in [0.25, 0.3) is 0 Å². The number of hydrogen-bond donors (Lipinski definition) is 2. The highest BCUT2D eigenvalue weighted by atomic mass is 16.5. The number of carbonyl (C=O) groups is 2. The average molecular weight is 417 g/mol. The van der Waals surface area contributed by atoms with Crippen LogP contribution in [0.2, 0.25) is 0 Å². The molecule has 0 aromatic heterocycles. The molecule has 0 atom stereocenters. The van der Waals surface area contributed by atoms with E-state index in [9.17, 15) is 9.59 Å². The number of anilines is 1. The Kier molecular flexibility index (Phi) is 7.77. The minimum Gasteiger partial charge on any atom is -0.492 e. The maximum absolute atomic E-state index is 12.1. The largest absolute Gasteiger partial charge is 0.492 e. The van der Waals surface area contributed by atoms with Crippen molar-refractivity contribution in [1.82, 2.24) is 5.43 Å². The van der Waals surface area contributed by atoms with Crippen LogP contribution in [0.15, 0.2) is 84.0 Å². The van der Waals surface area contributed by atoms with Crippen molar-refractivity contribution in [3.05, 3.63) is 90.0 Å². The lowest BCUT2D eigenvalue weighted by Crippen LogP contribution is -2.32. The van der Waals surface area contributed by atoms with Crippen molar-refractivity contribution in [3.8, 4) is 11.5 Å². The molecule has 7 heteroatoms. The highest BCUT2D eigenvalue weighted by Crippen LogP contribution is 2.23. The van der Waals surface area contributed by atoms with E-state index in [4.69, 9.17) is 9.47 Å². The van der Waals surface area contributed by atoms with Crippen LogP contribution in [0.25, 0.3) is 0 Å². The van der Waals surface area contributed by atoms with Gasteiger partial charge in [-0.05, 0) is 54.4 Å². The molecule has 3 aromatic carbocycles. The zero-order valence-corrected chi connectivity index (χ0v) is 17.1. The molecule has 0 aliphatic heterocycles. The number of para-hydroxylation sites is 2. The van der Waals surface area contributed by atoms with Gasteiger partial charge in [-0.25, -0.2) is 5.43 Å². The lowest BCUT2D eigenvalue weighted by Gasteiger charge is -2.10. The van der Waals surface area contributed by atoms with E-state index in [1.807, 2.05) is 49.4 Å². The number of hydrogen-bond acceptors (Lipinski definition) is 5. The first kappa shape index (κ1) is 21.6. The van der Waals surface area contributed by atoms with Crippen LogP contribution in [0.5, 0.6) is 11.5 Å². The van der Waals surface area contributed by atoms with Crippen molar-refractivity contribution in [1.29, 1.82) is 0 Å². The summed E-state index contributed by atoms with van der Waals surface area (Å²) in [5.41, 5.74) is 4.45. The number of rotatable bonds is 8. The molecule has 0 fully saturated rings.